The van der Waals surface area contributed by atoms with E-state index in [0.717, 1.165) is 11.1 Å². The molecule has 1 N–H and O–H groups in total. The van der Waals surface area contributed by atoms with E-state index in [1.165, 1.54) is 12.5 Å². The van der Waals surface area contributed by atoms with Crippen LogP contribution in [0.15, 0.2) is 60.3 Å². The highest BCUT2D eigenvalue weighted by Crippen LogP contribution is 2.34. The lowest BCUT2D eigenvalue weighted by Crippen LogP contribution is -1.97. The Hall–Kier alpha value is -3.31. The predicted molar refractivity (Wildman–Crippen MR) is 117 cm³/mol. The molecule has 3 aromatic rings. The van der Waals surface area contributed by atoms with Crippen molar-refractivity contribution in [2.75, 3.05) is 0 Å². The van der Waals surface area contributed by atoms with Gasteiger partial charge in [-0.3, -0.25) is 0 Å². The van der Waals surface area contributed by atoms with Crippen LogP contribution in [0.5, 0.6) is 17.4 Å². The van der Waals surface area contributed by atoms with Gasteiger partial charge >= 0.3 is 5.97 Å². The van der Waals surface area contributed by atoms with Gasteiger partial charge in [-0.15, -0.1) is 0 Å². The first-order valence-corrected chi connectivity index (χ1v) is 9.73. The van der Waals surface area contributed by atoms with E-state index in [4.69, 9.17) is 26.2 Å². The molecule has 30 heavy (non-hydrogen) atoms. The van der Waals surface area contributed by atoms with Gasteiger partial charge in [-0.05, 0) is 61.7 Å². The van der Waals surface area contributed by atoms with Crippen molar-refractivity contribution in [3.63, 3.8) is 0 Å². The molecule has 0 aliphatic carbocycles. The van der Waals surface area contributed by atoms with Crippen molar-refractivity contribution < 1.29 is 19.4 Å². The van der Waals surface area contributed by atoms with E-state index >= 15 is 0 Å². The lowest BCUT2D eigenvalue weighted by Gasteiger charge is -2.12. The van der Waals surface area contributed by atoms with Gasteiger partial charge in [0.2, 0.25) is 5.88 Å². The molecule has 1 heterocycles. The first-order valence-electron chi connectivity index (χ1n) is 9.36. The molecule has 0 saturated carbocycles. The molecule has 0 bridgehead atoms. The Morgan fingerprint density at radius 2 is 1.87 bits per heavy atom. The van der Waals surface area contributed by atoms with E-state index in [0.29, 0.717) is 34.6 Å². The number of halogens is 1. The molecule has 0 spiro atoms. The molecule has 0 atom stereocenters. The third-order valence-corrected chi connectivity index (χ3v) is 4.69. The molecule has 0 amide bonds. The number of aryl methyl sites for hydroxylation is 2. The number of nitrogens with zero attached hydrogens (tertiary/aromatic N) is 1. The van der Waals surface area contributed by atoms with Gasteiger partial charge in [-0.1, -0.05) is 41.4 Å². The maximum atomic E-state index is 11.0. The second kappa shape index (κ2) is 9.46. The summed E-state index contributed by atoms with van der Waals surface area (Å²) in [6.45, 7) is 5.87. The number of ether oxygens (including phenoxy) is 2. The minimum atomic E-state index is -0.974. The smallest absolute Gasteiger partial charge is 0.331 e. The second-order valence-corrected chi connectivity index (χ2v) is 7.40. The van der Waals surface area contributed by atoms with Gasteiger partial charge < -0.3 is 14.6 Å². The molecule has 6 heteroatoms. The van der Waals surface area contributed by atoms with Gasteiger partial charge in [0, 0.05) is 11.6 Å². The first-order chi connectivity index (χ1) is 14.3. The summed E-state index contributed by atoms with van der Waals surface area (Å²) in [5.41, 5.74) is 3.97. The molecule has 2 aromatic carbocycles. The van der Waals surface area contributed by atoms with Crippen molar-refractivity contribution in [2.24, 2.45) is 0 Å². The highest BCUT2D eigenvalue weighted by Gasteiger charge is 2.11. The SMILES string of the molecule is CC(=Cc1cc(C)c(Oc2ccc(OCc3ccc(C)cc3)cn2)c(Cl)c1)C(=O)O. The Morgan fingerprint density at radius 3 is 2.47 bits per heavy atom. The molecular weight excluding hydrogens is 402 g/mol. The molecule has 0 saturated heterocycles. The minimum Gasteiger partial charge on any atom is -0.487 e. The molecular formula is C24H22ClNO4. The topological polar surface area (TPSA) is 68.7 Å². The van der Waals surface area contributed by atoms with E-state index in [1.807, 2.05) is 44.2 Å². The van der Waals surface area contributed by atoms with Crippen LogP contribution in [-0.2, 0) is 11.4 Å². The lowest BCUT2D eigenvalue weighted by atomic mass is 10.1. The van der Waals surface area contributed by atoms with Crippen LogP contribution in [0.2, 0.25) is 5.02 Å². The first kappa shape index (κ1) is 21.4. The molecule has 0 fully saturated rings. The third-order valence-electron chi connectivity index (χ3n) is 4.41. The number of aliphatic carboxylic acids is 1. The Balaban J connectivity index is 1.68. The summed E-state index contributed by atoms with van der Waals surface area (Å²) in [6, 6.07) is 15.1. The summed E-state index contributed by atoms with van der Waals surface area (Å²) in [5, 5.41) is 9.40. The van der Waals surface area contributed by atoms with E-state index < -0.39 is 5.97 Å². The molecule has 1 aromatic heterocycles. The van der Waals surface area contributed by atoms with Crippen LogP contribution in [0.4, 0.5) is 0 Å². The van der Waals surface area contributed by atoms with Crippen LogP contribution >= 0.6 is 11.6 Å². The molecule has 0 unspecified atom stereocenters. The number of hydrogen-bond acceptors (Lipinski definition) is 4. The highest BCUT2D eigenvalue weighted by atomic mass is 35.5. The van der Waals surface area contributed by atoms with Gasteiger partial charge in [0.05, 0.1) is 11.2 Å². The van der Waals surface area contributed by atoms with Gasteiger partial charge in [-0.25, -0.2) is 9.78 Å². The Morgan fingerprint density at radius 1 is 1.13 bits per heavy atom. The summed E-state index contributed by atoms with van der Waals surface area (Å²) in [5.74, 6) is 0.517. The molecule has 0 aliphatic heterocycles. The Bertz CT molecular complexity index is 1050. The standard InChI is InChI=1S/C24H22ClNO4/c1-15-4-6-18(7-5-15)14-29-20-8-9-22(26-13-20)30-23-16(2)10-19(12-21(23)25)11-17(3)24(27)28/h4-13H,14H2,1-3H3,(H,27,28). The second-order valence-electron chi connectivity index (χ2n) is 6.99. The lowest BCUT2D eigenvalue weighted by molar-refractivity contribution is -0.132. The molecule has 154 valence electrons. The van der Waals surface area contributed by atoms with Crippen LogP contribution in [0.25, 0.3) is 6.08 Å². The number of pyridine rings is 1. The van der Waals surface area contributed by atoms with Crippen molar-refractivity contribution >= 4 is 23.6 Å². The van der Waals surface area contributed by atoms with Gasteiger partial charge in [-0.2, -0.15) is 0 Å². The maximum absolute atomic E-state index is 11.0. The van der Waals surface area contributed by atoms with Crippen LogP contribution in [0, 0.1) is 13.8 Å². The van der Waals surface area contributed by atoms with Crippen molar-refractivity contribution in [3.05, 3.63) is 87.6 Å². The van der Waals surface area contributed by atoms with Crippen molar-refractivity contribution in [3.8, 4) is 17.4 Å². The number of carboxylic acid groups (broad SMARTS) is 1. The van der Waals surface area contributed by atoms with Gasteiger partial charge in [0.15, 0.2) is 5.75 Å². The zero-order valence-electron chi connectivity index (χ0n) is 17.0. The number of aromatic nitrogens is 1. The largest absolute Gasteiger partial charge is 0.487 e. The number of carbonyl (C=O) groups is 1. The fraction of sp³-hybridized carbons (Fsp3) is 0.167. The third kappa shape index (κ3) is 5.61. The van der Waals surface area contributed by atoms with Crippen molar-refractivity contribution in [1.29, 1.82) is 0 Å². The van der Waals surface area contributed by atoms with E-state index in [1.54, 1.807) is 30.5 Å². The summed E-state index contributed by atoms with van der Waals surface area (Å²) in [7, 11) is 0. The molecule has 5 nitrogen and oxygen atoms in total. The van der Waals surface area contributed by atoms with E-state index in [9.17, 15) is 4.79 Å². The normalized spacial score (nSPS) is 11.3. The monoisotopic (exact) mass is 423 g/mol. The number of rotatable bonds is 7. The molecule has 3 rings (SSSR count). The average Bonchev–Trinajstić information content (AvgIpc) is 2.71. The van der Waals surface area contributed by atoms with Gasteiger partial charge in [0.1, 0.15) is 12.4 Å². The summed E-state index contributed by atoms with van der Waals surface area (Å²) in [4.78, 5) is 15.3. The van der Waals surface area contributed by atoms with Crippen molar-refractivity contribution in [2.45, 2.75) is 27.4 Å². The van der Waals surface area contributed by atoms with E-state index in [2.05, 4.69) is 4.98 Å². The van der Waals surface area contributed by atoms with Crippen LogP contribution in [-0.4, -0.2) is 16.1 Å². The summed E-state index contributed by atoms with van der Waals surface area (Å²) >= 11 is 6.35. The molecule has 0 radical (unpaired) electrons. The highest BCUT2D eigenvalue weighted by molar-refractivity contribution is 6.32. The zero-order valence-corrected chi connectivity index (χ0v) is 17.7. The quantitative estimate of drug-likeness (QED) is 0.457. The Labute approximate surface area is 180 Å². The van der Waals surface area contributed by atoms with Crippen LogP contribution < -0.4 is 9.47 Å². The Kier molecular flexibility index (Phi) is 6.75. The molecule has 0 aliphatic rings. The number of carboxylic acids is 1. The minimum absolute atomic E-state index is 0.224. The van der Waals surface area contributed by atoms with Gasteiger partial charge in [0.25, 0.3) is 0 Å². The van der Waals surface area contributed by atoms with Crippen molar-refractivity contribution in [1.82, 2.24) is 4.98 Å². The summed E-state index contributed by atoms with van der Waals surface area (Å²) in [6.07, 6.45) is 3.16. The predicted octanol–water partition coefficient (Wildman–Crippen LogP) is 6.21. The fourth-order valence-electron chi connectivity index (χ4n) is 2.75. The summed E-state index contributed by atoms with van der Waals surface area (Å²) < 4.78 is 11.6. The average molecular weight is 424 g/mol. The number of benzene rings is 2. The van der Waals surface area contributed by atoms with Crippen LogP contribution in [0.3, 0.4) is 0 Å². The van der Waals surface area contributed by atoms with E-state index in [-0.39, 0.29) is 5.57 Å². The number of hydrogen-bond donors (Lipinski definition) is 1. The maximum Gasteiger partial charge on any atom is 0.331 e. The van der Waals surface area contributed by atoms with Crippen LogP contribution in [0.1, 0.15) is 29.2 Å². The fourth-order valence-corrected chi connectivity index (χ4v) is 3.06. The zero-order chi connectivity index (χ0) is 21.7.